The highest BCUT2D eigenvalue weighted by Crippen LogP contribution is 2.31. The minimum Gasteiger partial charge on any atom is -0.358 e. The molecule has 128 valence electrons. The SMILES string of the molecule is O=C(Nc1cccc(C(F)(F)F)c1)c1ccccc1OS(=O)(=O)F. The number of alkyl halides is 3. The van der Waals surface area contributed by atoms with Crippen molar-refractivity contribution in [3.8, 4) is 5.75 Å². The molecule has 0 aliphatic heterocycles. The van der Waals surface area contributed by atoms with Crippen LogP contribution < -0.4 is 9.50 Å². The molecule has 0 fully saturated rings. The number of benzene rings is 2. The lowest BCUT2D eigenvalue weighted by molar-refractivity contribution is -0.137. The average molecular weight is 363 g/mol. The number of hydrogen-bond acceptors (Lipinski definition) is 4. The van der Waals surface area contributed by atoms with Gasteiger partial charge in [0.1, 0.15) is 0 Å². The maximum Gasteiger partial charge on any atom is 0.488 e. The van der Waals surface area contributed by atoms with E-state index >= 15 is 0 Å². The molecule has 10 heteroatoms. The molecule has 0 aromatic heterocycles. The van der Waals surface area contributed by atoms with E-state index in [1.807, 2.05) is 0 Å². The Morgan fingerprint density at radius 3 is 2.33 bits per heavy atom. The summed E-state index contributed by atoms with van der Waals surface area (Å²) in [7, 11) is -5.36. The van der Waals surface area contributed by atoms with Crippen LogP contribution in [0.1, 0.15) is 15.9 Å². The second-order valence-electron chi connectivity index (χ2n) is 4.51. The van der Waals surface area contributed by atoms with Gasteiger partial charge in [-0.2, -0.15) is 21.6 Å². The Hall–Kier alpha value is -2.62. The maximum absolute atomic E-state index is 12.6. The van der Waals surface area contributed by atoms with Crippen molar-refractivity contribution < 1.29 is 34.5 Å². The third-order valence-corrected chi connectivity index (χ3v) is 3.15. The summed E-state index contributed by atoms with van der Waals surface area (Å²) in [5.41, 5.74) is -1.51. The molecule has 0 aliphatic rings. The lowest BCUT2D eigenvalue weighted by Crippen LogP contribution is -2.15. The molecule has 0 radical (unpaired) electrons. The van der Waals surface area contributed by atoms with Crippen molar-refractivity contribution in [3.05, 3.63) is 59.7 Å². The third kappa shape index (κ3) is 4.69. The lowest BCUT2D eigenvalue weighted by Gasteiger charge is -2.11. The Labute approximate surface area is 134 Å². The smallest absolute Gasteiger partial charge is 0.358 e. The predicted molar refractivity (Wildman–Crippen MR) is 76.5 cm³/mol. The Balaban J connectivity index is 2.28. The van der Waals surface area contributed by atoms with Crippen LogP contribution in [0.5, 0.6) is 5.75 Å². The summed E-state index contributed by atoms with van der Waals surface area (Å²) >= 11 is 0. The first kappa shape index (κ1) is 17.7. The first-order valence-electron chi connectivity index (χ1n) is 6.28. The molecule has 0 bridgehead atoms. The average Bonchev–Trinajstić information content (AvgIpc) is 2.45. The summed E-state index contributed by atoms with van der Waals surface area (Å²) in [5.74, 6) is -1.56. The molecule has 2 aromatic carbocycles. The highest BCUT2D eigenvalue weighted by Gasteiger charge is 2.30. The zero-order valence-electron chi connectivity index (χ0n) is 11.7. The second-order valence-corrected chi connectivity index (χ2v) is 5.46. The van der Waals surface area contributed by atoms with Gasteiger partial charge in [-0.1, -0.05) is 22.1 Å². The summed E-state index contributed by atoms with van der Waals surface area (Å²) in [6.07, 6.45) is -4.59. The fourth-order valence-corrected chi connectivity index (χ4v) is 2.17. The van der Waals surface area contributed by atoms with E-state index < -0.39 is 33.9 Å². The molecule has 0 spiro atoms. The quantitative estimate of drug-likeness (QED) is 0.666. The van der Waals surface area contributed by atoms with Crippen LogP contribution in [0.3, 0.4) is 0 Å². The van der Waals surface area contributed by atoms with Crippen molar-refractivity contribution in [2.24, 2.45) is 0 Å². The maximum atomic E-state index is 12.6. The van der Waals surface area contributed by atoms with Crippen LogP contribution in [0.2, 0.25) is 0 Å². The molecule has 2 rings (SSSR count). The normalized spacial score (nSPS) is 11.8. The van der Waals surface area contributed by atoms with Crippen LogP contribution in [0, 0.1) is 0 Å². The van der Waals surface area contributed by atoms with Crippen molar-refractivity contribution in [2.45, 2.75) is 6.18 Å². The van der Waals surface area contributed by atoms with E-state index in [1.165, 1.54) is 18.2 Å². The zero-order valence-corrected chi connectivity index (χ0v) is 12.5. The number of carbonyl (C=O) groups excluding carboxylic acids is 1. The van der Waals surface area contributed by atoms with Gasteiger partial charge < -0.3 is 9.50 Å². The van der Waals surface area contributed by atoms with Gasteiger partial charge in [0.05, 0.1) is 11.1 Å². The molecule has 0 saturated heterocycles. The Kier molecular flexibility index (Phi) is 4.78. The van der Waals surface area contributed by atoms with E-state index in [1.54, 1.807) is 0 Å². The number of halogens is 4. The van der Waals surface area contributed by atoms with E-state index in [0.29, 0.717) is 6.07 Å². The summed E-state index contributed by atoms with van der Waals surface area (Å²) in [6, 6.07) is 8.62. The van der Waals surface area contributed by atoms with E-state index in [-0.39, 0.29) is 11.3 Å². The monoisotopic (exact) mass is 363 g/mol. The van der Waals surface area contributed by atoms with Gasteiger partial charge in [0.15, 0.2) is 5.75 Å². The van der Waals surface area contributed by atoms with Crippen molar-refractivity contribution in [1.82, 2.24) is 0 Å². The summed E-state index contributed by atoms with van der Waals surface area (Å²) in [4.78, 5) is 12.1. The van der Waals surface area contributed by atoms with Gasteiger partial charge in [-0.3, -0.25) is 4.79 Å². The minimum absolute atomic E-state index is 0.173. The fourth-order valence-electron chi connectivity index (χ4n) is 1.81. The van der Waals surface area contributed by atoms with Gasteiger partial charge in [-0.05, 0) is 30.3 Å². The van der Waals surface area contributed by atoms with Crippen LogP contribution in [0.25, 0.3) is 0 Å². The Morgan fingerprint density at radius 2 is 1.71 bits per heavy atom. The first-order chi connectivity index (χ1) is 11.1. The van der Waals surface area contributed by atoms with Crippen molar-refractivity contribution >= 4 is 22.1 Å². The van der Waals surface area contributed by atoms with E-state index in [9.17, 15) is 30.3 Å². The molecule has 0 aliphatic carbocycles. The third-order valence-electron chi connectivity index (χ3n) is 2.77. The van der Waals surface area contributed by atoms with Gasteiger partial charge in [0, 0.05) is 5.69 Å². The van der Waals surface area contributed by atoms with E-state index in [2.05, 4.69) is 9.50 Å². The summed E-state index contributed by atoms with van der Waals surface area (Å²) in [6.45, 7) is 0. The number of anilines is 1. The molecule has 5 nitrogen and oxygen atoms in total. The molecule has 2 aromatic rings. The van der Waals surface area contributed by atoms with Gasteiger partial charge in [0.2, 0.25) is 0 Å². The topological polar surface area (TPSA) is 72.5 Å². The Bertz CT molecular complexity index is 865. The van der Waals surface area contributed by atoms with Crippen LogP contribution in [-0.4, -0.2) is 14.3 Å². The number of nitrogens with one attached hydrogen (secondary N) is 1. The van der Waals surface area contributed by atoms with E-state index in [0.717, 1.165) is 24.3 Å². The number of hydrogen-bond donors (Lipinski definition) is 1. The van der Waals surface area contributed by atoms with Gasteiger partial charge >= 0.3 is 16.7 Å². The van der Waals surface area contributed by atoms with Crippen LogP contribution in [-0.2, 0) is 16.7 Å². The lowest BCUT2D eigenvalue weighted by atomic mass is 10.1. The van der Waals surface area contributed by atoms with Crippen molar-refractivity contribution in [2.75, 3.05) is 5.32 Å². The first-order valence-corrected chi connectivity index (χ1v) is 7.59. The fraction of sp³-hybridized carbons (Fsp3) is 0.0714. The molecule has 1 N–H and O–H groups in total. The molecule has 0 atom stereocenters. The zero-order chi connectivity index (χ0) is 18.0. The predicted octanol–water partition coefficient (Wildman–Crippen LogP) is 3.55. The number of amides is 1. The standard InChI is InChI=1S/C14H9F4NO4S/c15-14(16,17)9-4-3-5-10(8-9)19-13(20)11-6-1-2-7-12(11)23-24(18,21)22/h1-8H,(H,19,20). The van der Waals surface area contributed by atoms with Gasteiger partial charge in [0.25, 0.3) is 5.91 Å². The van der Waals surface area contributed by atoms with Crippen LogP contribution in [0.4, 0.5) is 22.7 Å². The Morgan fingerprint density at radius 1 is 1.04 bits per heavy atom. The number of rotatable bonds is 4. The molecular weight excluding hydrogens is 354 g/mol. The molecular formula is C14H9F4NO4S. The highest BCUT2D eigenvalue weighted by atomic mass is 32.3. The molecule has 0 unspecified atom stereocenters. The minimum atomic E-state index is -5.36. The van der Waals surface area contributed by atoms with Crippen molar-refractivity contribution in [1.29, 1.82) is 0 Å². The molecule has 1 amide bonds. The van der Waals surface area contributed by atoms with Crippen LogP contribution in [0.15, 0.2) is 48.5 Å². The highest BCUT2D eigenvalue weighted by molar-refractivity contribution is 7.81. The number of para-hydroxylation sites is 1. The number of carbonyl (C=O) groups is 1. The summed E-state index contributed by atoms with van der Waals surface area (Å²) in [5, 5.41) is 2.16. The van der Waals surface area contributed by atoms with Gasteiger partial charge in [-0.15, -0.1) is 0 Å². The largest absolute Gasteiger partial charge is 0.488 e. The van der Waals surface area contributed by atoms with E-state index in [4.69, 9.17) is 0 Å². The molecule has 0 saturated carbocycles. The van der Waals surface area contributed by atoms with Crippen LogP contribution >= 0.6 is 0 Å². The molecule has 0 heterocycles. The second kappa shape index (κ2) is 6.48. The van der Waals surface area contributed by atoms with Gasteiger partial charge in [-0.25, -0.2) is 0 Å². The van der Waals surface area contributed by atoms with Crippen molar-refractivity contribution in [3.63, 3.8) is 0 Å². The molecule has 24 heavy (non-hydrogen) atoms. The summed E-state index contributed by atoms with van der Waals surface area (Å²) < 4.78 is 75.7.